The molecule has 1 heterocycles. The summed E-state index contributed by atoms with van der Waals surface area (Å²) in [4.78, 5) is 28.9. The molecule has 0 aliphatic carbocycles. The Balaban J connectivity index is 2.13. The highest BCUT2D eigenvalue weighted by Crippen LogP contribution is 2.26. The number of halogens is 1. The second-order valence-corrected chi connectivity index (χ2v) is 6.73. The second kappa shape index (κ2) is 7.03. The lowest BCUT2D eigenvalue weighted by Gasteiger charge is -2.16. The number of hydrogen-bond donors (Lipinski definition) is 2. The highest BCUT2D eigenvalue weighted by molar-refractivity contribution is 9.11. The van der Waals surface area contributed by atoms with Crippen LogP contribution in [0.2, 0.25) is 0 Å². The van der Waals surface area contributed by atoms with Crippen LogP contribution in [0.15, 0.2) is 59.6 Å². The Kier molecular flexibility index (Phi) is 4.81. The number of nitrogens with zero attached hydrogens (tertiary/aromatic N) is 1. The van der Waals surface area contributed by atoms with Crippen LogP contribution in [0.3, 0.4) is 0 Å². The van der Waals surface area contributed by atoms with Crippen LogP contribution in [0.5, 0.6) is 0 Å². The summed E-state index contributed by atoms with van der Waals surface area (Å²) in [6, 6.07) is 13.5. The fourth-order valence-electron chi connectivity index (χ4n) is 2.74. The Morgan fingerprint density at radius 2 is 1.60 bits per heavy atom. The van der Waals surface area contributed by atoms with Crippen molar-refractivity contribution >= 4 is 49.6 Å². The quantitative estimate of drug-likeness (QED) is 0.639. The monoisotopic (exact) mass is 398 g/mol. The molecular formula is C19H15BrN2O3. The first-order valence-corrected chi connectivity index (χ1v) is 8.41. The smallest absolute Gasteiger partial charge is 0.326 e. The number of carboxylic acid groups (broad SMARTS) is 1. The zero-order valence-electron chi connectivity index (χ0n) is 13.2. The molecule has 0 fully saturated rings. The molecule has 3 rings (SSSR count). The molecule has 25 heavy (non-hydrogen) atoms. The number of carbonyl (C=O) groups excluding carboxylic acids is 1. The molecule has 0 aliphatic rings. The van der Waals surface area contributed by atoms with E-state index in [4.69, 9.17) is 0 Å². The van der Waals surface area contributed by atoms with Gasteiger partial charge < -0.3 is 10.4 Å². The zero-order valence-corrected chi connectivity index (χ0v) is 14.8. The van der Waals surface area contributed by atoms with Crippen LogP contribution in [0.4, 0.5) is 0 Å². The molecule has 0 radical (unpaired) electrons. The molecule has 1 amide bonds. The minimum Gasteiger partial charge on any atom is -0.480 e. The van der Waals surface area contributed by atoms with Gasteiger partial charge in [-0.1, -0.05) is 58.9 Å². The summed E-state index contributed by atoms with van der Waals surface area (Å²) in [7, 11) is 0. The minimum atomic E-state index is -1.11. The number of carboxylic acids is 1. The van der Waals surface area contributed by atoms with Crippen LogP contribution >= 0.6 is 15.9 Å². The normalized spacial score (nSPS) is 12.0. The van der Waals surface area contributed by atoms with Crippen molar-refractivity contribution in [2.75, 3.05) is 0 Å². The molecule has 6 heteroatoms. The molecule has 1 atom stereocenters. The first kappa shape index (κ1) is 17.1. The number of nitrogens with one attached hydrogen (secondary N) is 1. The molecule has 2 aromatic carbocycles. The second-order valence-electron chi connectivity index (χ2n) is 5.61. The maximum absolute atomic E-state index is 12.9. The number of para-hydroxylation sites is 2. The van der Waals surface area contributed by atoms with Crippen LogP contribution in [-0.2, 0) is 4.79 Å². The van der Waals surface area contributed by atoms with Gasteiger partial charge in [-0.05, 0) is 16.6 Å². The number of benzene rings is 2. The fourth-order valence-corrected chi connectivity index (χ4v) is 3.06. The average Bonchev–Trinajstić information content (AvgIpc) is 2.58. The highest BCUT2D eigenvalue weighted by Gasteiger charge is 2.23. The molecule has 5 nitrogen and oxygen atoms in total. The molecule has 2 N–H and O–H groups in total. The number of aliphatic carboxylic acids is 1. The van der Waals surface area contributed by atoms with Crippen molar-refractivity contribution < 1.29 is 14.7 Å². The number of hydrogen-bond acceptors (Lipinski definition) is 3. The predicted molar refractivity (Wildman–Crippen MR) is 101 cm³/mol. The largest absolute Gasteiger partial charge is 0.480 e. The number of fused-ring (bicyclic) bond motifs is 2. The third kappa shape index (κ3) is 3.53. The molecule has 0 unspecified atom stereocenters. The molecule has 0 bridgehead atoms. The van der Waals surface area contributed by atoms with E-state index in [0.717, 1.165) is 0 Å². The van der Waals surface area contributed by atoms with Crippen LogP contribution in [0, 0.1) is 0 Å². The minimum absolute atomic E-state index is 0.0992. The lowest BCUT2D eigenvalue weighted by molar-refractivity contribution is -0.139. The molecule has 0 saturated heterocycles. The van der Waals surface area contributed by atoms with Gasteiger partial charge in [-0.2, -0.15) is 0 Å². The van der Waals surface area contributed by atoms with Gasteiger partial charge in [0.15, 0.2) is 0 Å². The Bertz CT molecular complexity index is 946. The SMILES string of the molecule is C=C(Br)C[C@H](NC(=O)c1c2ccccc2nc2ccccc12)C(=O)O. The van der Waals surface area contributed by atoms with E-state index < -0.39 is 17.9 Å². The summed E-state index contributed by atoms with van der Waals surface area (Å²) in [5.74, 6) is -1.56. The third-order valence-corrected chi connectivity index (χ3v) is 4.17. The molecule has 3 aromatic rings. The number of aromatic nitrogens is 1. The molecule has 126 valence electrons. The van der Waals surface area contributed by atoms with Gasteiger partial charge in [0.25, 0.3) is 5.91 Å². The zero-order chi connectivity index (χ0) is 18.0. The maximum atomic E-state index is 12.9. The number of amides is 1. The van der Waals surface area contributed by atoms with Crippen molar-refractivity contribution in [3.8, 4) is 0 Å². The van der Waals surface area contributed by atoms with Gasteiger partial charge in [0, 0.05) is 17.2 Å². The average molecular weight is 399 g/mol. The van der Waals surface area contributed by atoms with E-state index in [-0.39, 0.29) is 6.42 Å². The van der Waals surface area contributed by atoms with Gasteiger partial charge in [-0.15, -0.1) is 0 Å². The summed E-state index contributed by atoms with van der Waals surface area (Å²) in [6.07, 6.45) is 0.0992. The van der Waals surface area contributed by atoms with Crippen molar-refractivity contribution in [3.05, 3.63) is 65.2 Å². The molecule has 0 saturated carbocycles. The van der Waals surface area contributed by atoms with Gasteiger partial charge in [0.1, 0.15) is 6.04 Å². The first-order valence-electron chi connectivity index (χ1n) is 7.62. The Hall–Kier alpha value is -2.73. The first-order chi connectivity index (χ1) is 12.0. The number of rotatable bonds is 5. The summed E-state index contributed by atoms with van der Waals surface area (Å²) in [6.45, 7) is 3.65. The predicted octanol–water partition coefficient (Wildman–Crippen LogP) is 3.87. The van der Waals surface area contributed by atoms with E-state index in [2.05, 4.69) is 32.8 Å². The van der Waals surface area contributed by atoms with Crippen molar-refractivity contribution in [3.63, 3.8) is 0 Å². The van der Waals surface area contributed by atoms with Crippen LogP contribution < -0.4 is 5.32 Å². The number of pyridine rings is 1. The lowest BCUT2D eigenvalue weighted by Crippen LogP contribution is -2.40. The lowest BCUT2D eigenvalue weighted by atomic mass is 10.0. The fraction of sp³-hybridized carbons (Fsp3) is 0.105. The van der Waals surface area contributed by atoms with Crippen molar-refractivity contribution in [1.82, 2.24) is 10.3 Å². The van der Waals surface area contributed by atoms with Gasteiger partial charge in [0.2, 0.25) is 0 Å². The van der Waals surface area contributed by atoms with Crippen molar-refractivity contribution in [1.29, 1.82) is 0 Å². The third-order valence-electron chi connectivity index (χ3n) is 3.84. The highest BCUT2D eigenvalue weighted by atomic mass is 79.9. The molecule has 1 aromatic heterocycles. The summed E-state index contributed by atoms with van der Waals surface area (Å²) in [5.41, 5.74) is 1.79. The van der Waals surface area contributed by atoms with Gasteiger partial charge in [-0.25, -0.2) is 9.78 Å². The van der Waals surface area contributed by atoms with Gasteiger partial charge in [-0.3, -0.25) is 4.79 Å². The number of carbonyl (C=O) groups is 2. The van der Waals surface area contributed by atoms with Crippen molar-refractivity contribution in [2.24, 2.45) is 0 Å². The Morgan fingerprint density at radius 3 is 2.08 bits per heavy atom. The van der Waals surface area contributed by atoms with E-state index in [1.54, 1.807) is 0 Å². The van der Waals surface area contributed by atoms with Gasteiger partial charge >= 0.3 is 5.97 Å². The standard InChI is InChI=1S/C19H15BrN2O3/c1-11(20)10-16(19(24)25)22-18(23)17-12-6-2-4-8-14(12)21-15-9-5-3-7-13(15)17/h2-9,16H,1,10H2,(H,22,23)(H,24,25)/t16-/m0/s1. The van der Waals surface area contributed by atoms with Gasteiger partial charge in [0.05, 0.1) is 16.6 Å². The topological polar surface area (TPSA) is 79.3 Å². The molecule has 0 spiro atoms. The Morgan fingerprint density at radius 1 is 1.08 bits per heavy atom. The van der Waals surface area contributed by atoms with Crippen LogP contribution in [0.1, 0.15) is 16.8 Å². The summed E-state index contributed by atoms with van der Waals surface area (Å²) >= 11 is 3.15. The van der Waals surface area contributed by atoms with E-state index >= 15 is 0 Å². The van der Waals surface area contributed by atoms with Crippen LogP contribution in [-0.4, -0.2) is 28.0 Å². The van der Waals surface area contributed by atoms with E-state index in [1.165, 1.54) is 0 Å². The Labute approximate surface area is 152 Å². The molecular weight excluding hydrogens is 384 g/mol. The van der Waals surface area contributed by atoms with E-state index in [9.17, 15) is 14.7 Å². The molecule has 0 aliphatic heterocycles. The van der Waals surface area contributed by atoms with E-state index in [0.29, 0.717) is 31.9 Å². The summed E-state index contributed by atoms with van der Waals surface area (Å²) in [5, 5.41) is 13.3. The van der Waals surface area contributed by atoms with Crippen molar-refractivity contribution in [2.45, 2.75) is 12.5 Å². The van der Waals surface area contributed by atoms with E-state index in [1.807, 2.05) is 48.5 Å². The van der Waals surface area contributed by atoms with Crippen LogP contribution in [0.25, 0.3) is 21.8 Å². The summed E-state index contributed by atoms with van der Waals surface area (Å²) < 4.78 is 0.504. The maximum Gasteiger partial charge on any atom is 0.326 e.